The molecule has 0 bridgehead atoms. The molecule has 116 valence electrons. The Kier molecular flexibility index (Phi) is 4.79. The van der Waals surface area contributed by atoms with Crippen LogP contribution in [0.3, 0.4) is 0 Å². The minimum atomic E-state index is -3.28. The van der Waals surface area contributed by atoms with Crippen LogP contribution in [0.1, 0.15) is 23.2 Å². The number of piperidine rings is 1. The summed E-state index contributed by atoms with van der Waals surface area (Å²) in [7, 11) is -1.81. The van der Waals surface area contributed by atoms with E-state index >= 15 is 0 Å². The zero-order valence-electron chi connectivity index (χ0n) is 12.1. The Labute approximate surface area is 124 Å². The van der Waals surface area contributed by atoms with Gasteiger partial charge in [0.15, 0.2) is 0 Å². The third-order valence-corrected chi connectivity index (χ3v) is 4.05. The number of methoxy groups -OCH3 is 1. The van der Waals surface area contributed by atoms with Crippen molar-refractivity contribution in [3.63, 3.8) is 0 Å². The van der Waals surface area contributed by atoms with Gasteiger partial charge in [0.05, 0.1) is 13.4 Å². The summed E-state index contributed by atoms with van der Waals surface area (Å²) in [6.07, 6.45) is 4.15. The standard InChI is InChI=1S/C13H19N3O4S/c1-20-12-11(6-3-7-14-12)13(17)16-8-4-5-10(9-16)15-21(2,18)19/h3,6-7,10,15H,4-5,8-9H2,1-2H3/t10-/m1/s1. The fourth-order valence-electron chi connectivity index (χ4n) is 2.45. The number of pyridine rings is 1. The van der Waals surface area contributed by atoms with Gasteiger partial charge in [0.1, 0.15) is 5.56 Å². The first kappa shape index (κ1) is 15.7. The average molecular weight is 313 g/mol. The molecule has 1 atom stereocenters. The number of carbonyl (C=O) groups excluding carboxylic acids is 1. The number of rotatable bonds is 4. The first-order valence-electron chi connectivity index (χ1n) is 6.66. The van der Waals surface area contributed by atoms with E-state index in [-0.39, 0.29) is 17.8 Å². The minimum absolute atomic E-state index is 0.194. The highest BCUT2D eigenvalue weighted by molar-refractivity contribution is 7.88. The molecule has 1 aliphatic heterocycles. The molecule has 1 aromatic heterocycles. The lowest BCUT2D eigenvalue weighted by Crippen LogP contribution is -2.49. The van der Waals surface area contributed by atoms with Crippen molar-refractivity contribution in [2.45, 2.75) is 18.9 Å². The molecule has 0 radical (unpaired) electrons. The second-order valence-corrected chi connectivity index (χ2v) is 6.82. The lowest BCUT2D eigenvalue weighted by Gasteiger charge is -2.32. The van der Waals surface area contributed by atoms with Crippen LogP contribution in [0.4, 0.5) is 0 Å². The quantitative estimate of drug-likeness (QED) is 0.860. The van der Waals surface area contributed by atoms with Gasteiger partial charge in [-0.1, -0.05) is 0 Å². The summed E-state index contributed by atoms with van der Waals surface area (Å²) in [6, 6.07) is 3.08. The van der Waals surface area contributed by atoms with Crippen LogP contribution in [0.15, 0.2) is 18.3 Å². The minimum Gasteiger partial charge on any atom is -0.480 e. The van der Waals surface area contributed by atoms with E-state index in [0.717, 1.165) is 19.1 Å². The second kappa shape index (κ2) is 6.40. The molecule has 0 aliphatic carbocycles. The normalized spacial score (nSPS) is 19.3. The maximum atomic E-state index is 12.5. The van der Waals surface area contributed by atoms with Crippen molar-refractivity contribution in [2.75, 3.05) is 26.5 Å². The molecule has 21 heavy (non-hydrogen) atoms. The summed E-state index contributed by atoms with van der Waals surface area (Å²) in [5.74, 6) is 0.0839. The molecule has 1 aromatic rings. The molecule has 8 heteroatoms. The first-order chi connectivity index (χ1) is 9.90. The molecule has 0 aromatic carbocycles. The molecular weight excluding hydrogens is 294 g/mol. The van der Waals surface area contributed by atoms with Gasteiger partial charge in [0.25, 0.3) is 5.91 Å². The van der Waals surface area contributed by atoms with Crippen LogP contribution in [0.5, 0.6) is 5.88 Å². The predicted molar refractivity (Wildman–Crippen MR) is 77.7 cm³/mol. The largest absolute Gasteiger partial charge is 0.480 e. The van der Waals surface area contributed by atoms with E-state index in [1.807, 2.05) is 0 Å². The molecule has 2 heterocycles. The van der Waals surface area contributed by atoms with Crippen molar-refractivity contribution in [3.8, 4) is 5.88 Å². The number of sulfonamides is 1. The van der Waals surface area contributed by atoms with Gasteiger partial charge in [0, 0.05) is 25.3 Å². The van der Waals surface area contributed by atoms with Crippen LogP contribution in [0, 0.1) is 0 Å². The number of nitrogens with zero attached hydrogens (tertiary/aromatic N) is 2. The van der Waals surface area contributed by atoms with E-state index in [4.69, 9.17) is 4.74 Å². The number of carbonyl (C=O) groups is 1. The Morgan fingerprint density at radius 1 is 1.52 bits per heavy atom. The van der Waals surface area contributed by atoms with Crippen LogP contribution in [-0.4, -0.2) is 56.7 Å². The summed E-state index contributed by atoms with van der Waals surface area (Å²) in [4.78, 5) is 18.2. The molecule has 7 nitrogen and oxygen atoms in total. The third kappa shape index (κ3) is 4.15. The lowest BCUT2D eigenvalue weighted by molar-refractivity contribution is 0.0699. The predicted octanol–water partition coefficient (Wildman–Crippen LogP) is 0.244. The first-order valence-corrected chi connectivity index (χ1v) is 8.55. The SMILES string of the molecule is COc1ncccc1C(=O)N1CCC[C@@H](NS(C)(=O)=O)C1. The summed E-state index contributed by atoms with van der Waals surface area (Å²) < 4.78 is 30.3. The molecule has 1 fully saturated rings. The number of likely N-dealkylation sites (tertiary alicyclic amines) is 1. The Hall–Kier alpha value is -1.67. The lowest BCUT2D eigenvalue weighted by atomic mass is 10.1. The molecule has 0 saturated carbocycles. The zero-order chi connectivity index (χ0) is 15.5. The Morgan fingerprint density at radius 2 is 2.29 bits per heavy atom. The molecule has 1 amide bonds. The summed E-state index contributed by atoms with van der Waals surface area (Å²) >= 11 is 0. The summed E-state index contributed by atoms with van der Waals surface area (Å²) in [6.45, 7) is 0.947. The summed E-state index contributed by atoms with van der Waals surface area (Å²) in [5.41, 5.74) is 0.389. The highest BCUT2D eigenvalue weighted by Crippen LogP contribution is 2.19. The van der Waals surface area contributed by atoms with E-state index in [1.165, 1.54) is 7.11 Å². The van der Waals surface area contributed by atoms with Crippen LogP contribution < -0.4 is 9.46 Å². The summed E-state index contributed by atoms with van der Waals surface area (Å²) in [5, 5.41) is 0. The van der Waals surface area contributed by atoms with Gasteiger partial charge >= 0.3 is 0 Å². The van der Waals surface area contributed by atoms with E-state index in [1.54, 1.807) is 23.2 Å². The molecule has 1 N–H and O–H groups in total. The van der Waals surface area contributed by atoms with Crippen molar-refractivity contribution in [1.29, 1.82) is 0 Å². The van der Waals surface area contributed by atoms with Crippen molar-refractivity contribution >= 4 is 15.9 Å². The highest BCUT2D eigenvalue weighted by Gasteiger charge is 2.27. The van der Waals surface area contributed by atoms with Crippen molar-refractivity contribution < 1.29 is 17.9 Å². The van der Waals surface area contributed by atoms with Crippen molar-refractivity contribution in [3.05, 3.63) is 23.9 Å². The van der Waals surface area contributed by atoms with Crippen LogP contribution in [0.2, 0.25) is 0 Å². The van der Waals surface area contributed by atoms with Gasteiger partial charge in [-0.2, -0.15) is 0 Å². The topological polar surface area (TPSA) is 88.6 Å². The number of hydrogen-bond donors (Lipinski definition) is 1. The monoisotopic (exact) mass is 313 g/mol. The third-order valence-electron chi connectivity index (χ3n) is 3.28. The number of nitrogens with one attached hydrogen (secondary N) is 1. The van der Waals surface area contributed by atoms with Gasteiger partial charge in [-0.15, -0.1) is 0 Å². The van der Waals surface area contributed by atoms with Gasteiger partial charge < -0.3 is 9.64 Å². The van der Waals surface area contributed by atoms with E-state index in [0.29, 0.717) is 18.7 Å². The smallest absolute Gasteiger partial charge is 0.259 e. The number of aromatic nitrogens is 1. The Morgan fingerprint density at radius 3 is 2.95 bits per heavy atom. The van der Waals surface area contributed by atoms with Gasteiger partial charge in [-0.3, -0.25) is 4.79 Å². The number of hydrogen-bond acceptors (Lipinski definition) is 5. The van der Waals surface area contributed by atoms with E-state index in [2.05, 4.69) is 9.71 Å². The molecule has 1 aliphatic rings. The Balaban J connectivity index is 2.12. The maximum Gasteiger partial charge on any atom is 0.259 e. The average Bonchev–Trinajstić information content (AvgIpc) is 2.45. The zero-order valence-corrected chi connectivity index (χ0v) is 12.9. The number of ether oxygens (including phenoxy) is 1. The molecule has 2 rings (SSSR count). The van der Waals surface area contributed by atoms with Gasteiger partial charge in [0.2, 0.25) is 15.9 Å². The van der Waals surface area contributed by atoms with Crippen LogP contribution in [0.25, 0.3) is 0 Å². The molecule has 0 spiro atoms. The van der Waals surface area contributed by atoms with E-state index < -0.39 is 10.0 Å². The molecule has 1 saturated heterocycles. The molecular formula is C13H19N3O4S. The van der Waals surface area contributed by atoms with E-state index in [9.17, 15) is 13.2 Å². The Bertz CT molecular complexity index is 618. The number of amides is 1. The van der Waals surface area contributed by atoms with Crippen molar-refractivity contribution in [1.82, 2.24) is 14.6 Å². The maximum absolute atomic E-state index is 12.5. The highest BCUT2D eigenvalue weighted by atomic mass is 32.2. The van der Waals surface area contributed by atoms with Crippen LogP contribution in [-0.2, 0) is 10.0 Å². The fourth-order valence-corrected chi connectivity index (χ4v) is 3.25. The van der Waals surface area contributed by atoms with Gasteiger partial charge in [-0.05, 0) is 25.0 Å². The fraction of sp³-hybridized carbons (Fsp3) is 0.538. The molecule has 0 unspecified atom stereocenters. The van der Waals surface area contributed by atoms with Crippen molar-refractivity contribution in [2.24, 2.45) is 0 Å². The van der Waals surface area contributed by atoms with Crippen LogP contribution >= 0.6 is 0 Å². The van der Waals surface area contributed by atoms with Gasteiger partial charge in [-0.25, -0.2) is 18.1 Å². The second-order valence-electron chi connectivity index (χ2n) is 5.04.